The summed E-state index contributed by atoms with van der Waals surface area (Å²) in [5.74, 6) is 2.17. The van der Waals surface area contributed by atoms with E-state index < -0.39 is 0 Å². The van der Waals surface area contributed by atoms with E-state index in [1.165, 1.54) is 9.75 Å². The molecule has 1 fully saturated rings. The Morgan fingerprint density at radius 2 is 2.17 bits per heavy atom. The number of hydrogen-bond acceptors (Lipinski definition) is 6. The first-order valence-corrected chi connectivity index (χ1v) is 11.4. The van der Waals surface area contributed by atoms with Crippen LogP contribution >= 0.6 is 11.3 Å². The zero-order valence-electron chi connectivity index (χ0n) is 17.6. The summed E-state index contributed by atoms with van der Waals surface area (Å²) >= 11 is 1.87. The van der Waals surface area contributed by atoms with Gasteiger partial charge in [-0.05, 0) is 31.4 Å². The Balaban J connectivity index is 1.46. The maximum atomic E-state index is 12.7. The largest absolute Gasteiger partial charge is 0.381 e. The van der Waals surface area contributed by atoms with Crippen molar-refractivity contribution in [2.75, 3.05) is 26.3 Å². The van der Waals surface area contributed by atoms with E-state index in [4.69, 9.17) is 4.74 Å². The van der Waals surface area contributed by atoms with Gasteiger partial charge in [0, 0.05) is 49.0 Å². The first kappa shape index (κ1) is 20.5. The van der Waals surface area contributed by atoms with Gasteiger partial charge in [0.25, 0.3) is 0 Å². The molecule has 2 atom stereocenters. The number of carbonyl (C=O) groups excluding carboxylic acids is 1. The van der Waals surface area contributed by atoms with Crippen LogP contribution in [-0.4, -0.2) is 51.9 Å². The summed E-state index contributed by atoms with van der Waals surface area (Å²) in [5.41, 5.74) is 0. The van der Waals surface area contributed by atoms with Gasteiger partial charge in [-0.25, -0.2) is 0 Å². The van der Waals surface area contributed by atoms with Crippen molar-refractivity contribution in [2.24, 2.45) is 11.8 Å². The summed E-state index contributed by atoms with van der Waals surface area (Å²) in [7, 11) is 0. The molecule has 2 aliphatic heterocycles. The Bertz CT molecular complexity index is 840. The quantitative estimate of drug-likeness (QED) is 0.782. The molecule has 4 rings (SSSR count). The summed E-state index contributed by atoms with van der Waals surface area (Å²) in [6, 6.07) is 4.29. The van der Waals surface area contributed by atoms with Gasteiger partial charge < -0.3 is 14.6 Å². The third kappa shape index (κ3) is 4.70. The number of aromatic nitrogens is 3. The van der Waals surface area contributed by atoms with E-state index in [9.17, 15) is 4.79 Å². The number of fused-ring (bicyclic) bond motifs is 1. The lowest BCUT2D eigenvalue weighted by atomic mass is 10.0. The van der Waals surface area contributed by atoms with Gasteiger partial charge in [-0.2, -0.15) is 0 Å². The van der Waals surface area contributed by atoms with Gasteiger partial charge in [-0.3, -0.25) is 9.69 Å². The fraction of sp³-hybridized carbons (Fsp3) is 0.667. The topological polar surface area (TPSA) is 72.3 Å². The van der Waals surface area contributed by atoms with E-state index in [1.807, 2.05) is 11.3 Å². The molecule has 158 valence electrons. The van der Waals surface area contributed by atoms with E-state index in [1.54, 1.807) is 0 Å². The number of rotatable bonds is 6. The van der Waals surface area contributed by atoms with Gasteiger partial charge in [0.2, 0.25) is 5.91 Å². The Hall–Kier alpha value is -1.77. The van der Waals surface area contributed by atoms with Crippen LogP contribution in [0.2, 0.25) is 0 Å². The Morgan fingerprint density at radius 3 is 2.86 bits per heavy atom. The Labute approximate surface area is 176 Å². The van der Waals surface area contributed by atoms with Crippen molar-refractivity contribution >= 4 is 17.2 Å². The summed E-state index contributed by atoms with van der Waals surface area (Å²) < 4.78 is 7.61. The lowest BCUT2D eigenvalue weighted by molar-refractivity contribution is -0.126. The smallest absolute Gasteiger partial charge is 0.226 e. The van der Waals surface area contributed by atoms with Crippen LogP contribution in [0.15, 0.2) is 12.1 Å². The number of ether oxygens (including phenoxy) is 1. The molecule has 0 radical (unpaired) electrons. The van der Waals surface area contributed by atoms with Crippen molar-refractivity contribution < 1.29 is 9.53 Å². The van der Waals surface area contributed by atoms with Gasteiger partial charge in [0.15, 0.2) is 5.82 Å². The summed E-state index contributed by atoms with van der Waals surface area (Å²) in [5, 5.41) is 12.2. The van der Waals surface area contributed by atoms with Crippen molar-refractivity contribution in [2.45, 2.75) is 52.7 Å². The molecule has 1 amide bonds. The van der Waals surface area contributed by atoms with E-state index in [0.717, 1.165) is 50.7 Å². The highest BCUT2D eigenvalue weighted by molar-refractivity contribution is 7.11. The van der Waals surface area contributed by atoms with E-state index in [0.29, 0.717) is 13.2 Å². The molecule has 29 heavy (non-hydrogen) atoms. The normalized spacial score (nSPS) is 21.2. The monoisotopic (exact) mass is 417 g/mol. The second-order valence-electron chi connectivity index (χ2n) is 8.46. The van der Waals surface area contributed by atoms with E-state index in [-0.39, 0.29) is 23.8 Å². The van der Waals surface area contributed by atoms with E-state index in [2.05, 4.69) is 57.9 Å². The van der Waals surface area contributed by atoms with Crippen molar-refractivity contribution in [3.8, 4) is 0 Å². The minimum Gasteiger partial charge on any atom is -0.381 e. The van der Waals surface area contributed by atoms with Gasteiger partial charge >= 0.3 is 0 Å². The van der Waals surface area contributed by atoms with Crippen LogP contribution in [0.25, 0.3) is 0 Å². The summed E-state index contributed by atoms with van der Waals surface area (Å²) in [6.45, 7) is 11.4. The highest BCUT2D eigenvalue weighted by Crippen LogP contribution is 2.25. The fourth-order valence-corrected chi connectivity index (χ4v) is 5.04. The third-order valence-electron chi connectivity index (χ3n) is 5.87. The summed E-state index contributed by atoms with van der Waals surface area (Å²) in [4.78, 5) is 17.9. The molecule has 0 spiro atoms. The highest BCUT2D eigenvalue weighted by Gasteiger charge is 2.31. The molecule has 2 aromatic heterocycles. The van der Waals surface area contributed by atoms with Crippen LogP contribution in [-0.2, 0) is 29.0 Å². The van der Waals surface area contributed by atoms with Gasteiger partial charge in [0.1, 0.15) is 5.82 Å². The molecule has 0 saturated carbocycles. The van der Waals surface area contributed by atoms with Crippen LogP contribution in [0.3, 0.4) is 0 Å². The third-order valence-corrected chi connectivity index (χ3v) is 6.85. The van der Waals surface area contributed by atoms with Gasteiger partial charge in [0.05, 0.1) is 18.6 Å². The SMILES string of the molecule is Cc1ccc(CN2CCc3nnc([C@H](NC(=O)[C@@H]4CCOC4)C(C)C)n3CC2)s1. The van der Waals surface area contributed by atoms with Crippen molar-refractivity contribution in [3.63, 3.8) is 0 Å². The first-order chi connectivity index (χ1) is 14.0. The van der Waals surface area contributed by atoms with Crippen LogP contribution in [0.1, 0.15) is 47.7 Å². The number of carbonyl (C=O) groups is 1. The lowest BCUT2D eigenvalue weighted by Crippen LogP contribution is -2.38. The predicted molar refractivity (Wildman–Crippen MR) is 113 cm³/mol. The van der Waals surface area contributed by atoms with Crippen molar-refractivity contribution in [1.82, 2.24) is 25.0 Å². The standard InChI is InChI=1S/C21H31N5O2S/c1-14(2)19(22-21(27)16-7-11-28-13-16)20-24-23-18-6-8-25(9-10-26(18)20)12-17-5-4-15(3)29-17/h4-5,14,16,19H,6-13H2,1-3H3,(H,22,27)/t16-,19-/m1/s1. The first-order valence-electron chi connectivity index (χ1n) is 10.6. The van der Waals surface area contributed by atoms with Crippen LogP contribution < -0.4 is 5.32 Å². The molecule has 8 heteroatoms. The number of aryl methyl sites for hydroxylation is 1. The molecule has 4 heterocycles. The molecule has 2 aromatic rings. The number of nitrogens with zero attached hydrogens (tertiary/aromatic N) is 4. The second-order valence-corrected chi connectivity index (χ2v) is 9.83. The number of hydrogen-bond donors (Lipinski definition) is 1. The molecule has 1 saturated heterocycles. The molecule has 0 aliphatic carbocycles. The van der Waals surface area contributed by atoms with Crippen LogP contribution in [0.4, 0.5) is 0 Å². The number of nitrogens with one attached hydrogen (secondary N) is 1. The zero-order chi connectivity index (χ0) is 20.4. The molecule has 0 bridgehead atoms. The summed E-state index contributed by atoms with van der Waals surface area (Å²) in [6.07, 6.45) is 1.68. The molecule has 1 N–H and O–H groups in total. The molecular formula is C21H31N5O2S. The molecular weight excluding hydrogens is 386 g/mol. The lowest BCUT2D eigenvalue weighted by Gasteiger charge is -2.24. The molecule has 2 aliphatic rings. The van der Waals surface area contributed by atoms with Crippen molar-refractivity contribution in [1.29, 1.82) is 0 Å². The van der Waals surface area contributed by atoms with Crippen LogP contribution in [0.5, 0.6) is 0 Å². The molecule has 0 aromatic carbocycles. The average Bonchev–Trinajstić information content (AvgIpc) is 3.41. The second kappa shape index (κ2) is 8.93. The minimum absolute atomic E-state index is 0.0486. The number of amides is 1. The maximum absolute atomic E-state index is 12.7. The van der Waals surface area contributed by atoms with Crippen LogP contribution in [0, 0.1) is 18.8 Å². The van der Waals surface area contributed by atoms with Crippen molar-refractivity contribution in [3.05, 3.63) is 33.5 Å². The number of thiophene rings is 1. The molecule has 0 unspecified atom stereocenters. The molecule has 7 nitrogen and oxygen atoms in total. The van der Waals surface area contributed by atoms with E-state index >= 15 is 0 Å². The maximum Gasteiger partial charge on any atom is 0.226 e. The Morgan fingerprint density at radius 1 is 1.31 bits per heavy atom. The average molecular weight is 418 g/mol. The highest BCUT2D eigenvalue weighted by atomic mass is 32.1. The van der Waals surface area contributed by atoms with Gasteiger partial charge in [-0.1, -0.05) is 13.8 Å². The minimum atomic E-state index is -0.129. The fourth-order valence-electron chi connectivity index (χ4n) is 4.11. The predicted octanol–water partition coefficient (Wildman–Crippen LogP) is 2.56. The zero-order valence-corrected chi connectivity index (χ0v) is 18.4. The Kier molecular flexibility index (Phi) is 6.32. The van der Waals surface area contributed by atoms with Gasteiger partial charge in [-0.15, -0.1) is 21.5 Å².